The highest BCUT2D eigenvalue weighted by atomic mass is 19.4. The Kier molecular flexibility index (Phi) is 3.43. The molecule has 17 heavy (non-hydrogen) atoms. The van der Waals surface area contributed by atoms with Crippen molar-refractivity contribution in [1.82, 2.24) is 4.90 Å². The minimum atomic E-state index is -4.23. The van der Waals surface area contributed by atoms with Crippen molar-refractivity contribution in [3.63, 3.8) is 0 Å². The van der Waals surface area contributed by atoms with Gasteiger partial charge in [-0.3, -0.25) is 0 Å². The van der Waals surface area contributed by atoms with Gasteiger partial charge in [0.15, 0.2) is 0 Å². The molecule has 0 aliphatic carbocycles. The van der Waals surface area contributed by atoms with E-state index in [0.29, 0.717) is 6.42 Å². The van der Waals surface area contributed by atoms with Crippen molar-refractivity contribution in [3.05, 3.63) is 34.9 Å². The Labute approximate surface area is 99.2 Å². The third kappa shape index (κ3) is 2.80. The smallest absolute Gasteiger partial charge is 0.303 e. The Bertz CT molecular complexity index is 398. The van der Waals surface area contributed by atoms with Crippen LogP contribution in [0.5, 0.6) is 0 Å². The first-order chi connectivity index (χ1) is 8.00. The number of nitrogens with zero attached hydrogens (tertiary/aromatic N) is 1. The highest BCUT2D eigenvalue weighted by molar-refractivity contribution is 5.34. The first kappa shape index (κ1) is 12.4. The van der Waals surface area contributed by atoms with Gasteiger partial charge in [-0.25, -0.2) is 0 Å². The van der Waals surface area contributed by atoms with E-state index in [1.54, 1.807) is 6.07 Å². The van der Waals surface area contributed by atoms with Crippen LogP contribution in [0.1, 0.15) is 23.6 Å². The fourth-order valence-electron chi connectivity index (χ4n) is 2.26. The van der Waals surface area contributed by atoms with Gasteiger partial charge in [0.2, 0.25) is 0 Å². The van der Waals surface area contributed by atoms with E-state index in [2.05, 4.69) is 11.8 Å². The van der Waals surface area contributed by atoms with Crippen LogP contribution in [-0.2, 0) is 19.0 Å². The number of fused-ring (bicyclic) bond motifs is 1. The topological polar surface area (TPSA) is 3.24 Å². The molecular weight excluding hydrogens is 227 g/mol. The lowest BCUT2D eigenvalue weighted by molar-refractivity contribution is -0.137. The van der Waals surface area contributed by atoms with E-state index in [0.717, 1.165) is 37.2 Å². The van der Waals surface area contributed by atoms with Crippen LogP contribution < -0.4 is 0 Å². The normalized spacial score (nSPS) is 17.6. The Hall–Kier alpha value is -1.03. The van der Waals surface area contributed by atoms with Gasteiger partial charge in [0, 0.05) is 13.1 Å². The zero-order chi connectivity index (χ0) is 12.5. The summed E-state index contributed by atoms with van der Waals surface area (Å²) in [5.41, 5.74) is 1.39. The zero-order valence-corrected chi connectivity index (χ0v) is 9.85. The number of alkyl halides is 3. The van der Waals surface area contributed by atoms with E-state index in [4.69, 9.17) is 0 Å². The van der Waals surface area contributed by atoms with Gasteiger partial charge in [-0.2, -0.15) is 13.2 Å². The number of rotatable bonds is 1. The van der Waals surface area contributed by atoms with E-state index in [-0.39, 0.29) is 0 Å². The molecule has 0 amide bonds. The zero-order valence-electron chi connectivity index (χ0n) is 9.85. The van der Waals surface area contributed by atoms with Crippen molar-refractivity contribution in [3.8, 4) is 0 Å². The Morgan fingerprint density at radius 3 is 2.35 bits per heavy atom. The predicted molar refractivity (Wildman–Crippen MR) is 61.0 cm³/mol. The van der Waals surface area contributed by atoms with E-state index in [9.17, 15) is 13.2 Å². The highest BCUT2D eigenvalue weighted by Crippen LogP contribution is 2.31. The van der Waals surface area contributed by atoms with Gasteiger partial charge >= 0.3 is 6.18 Å². The number of hydrogen-bond donors (Lipinski definition) is 0. The summed E-state index contributed by atoms with van der Waals surface area (Å²) in [6.07, 6.45) is -2.67. The van der Waals surface area contributed by atoms with E-state index >= 15 is 0 Å². The molecule has 0 N–H and O–H groups in total. The van der Waals surface area contributed by atoms with Crippen molar-refractivity contribution in [2.45, 2.75) is 25.9 Å². The molecule has 1 nitrogen and oxygen atoms in total. The summed E-state index contributed by atoms with van der Waals surface area (Å²) in [5, 5.41) is 0. The summed E-state index contributed by atoms with van der Waals surface area (Å²) in [7, 11) is 0. The average Bonchev–Trinajstić information content (AvgIpc) is 2.48. The molecule has 0 saturated carbocycles. The summed E-state index contributed by atoms with van der Waals surface area (Å²) in [5.74, 6) is 0. The number of hydrogen-bond acceptors (Lipinski definition) is 1. The fourth-order valence-corrected chi connectivity index (χ4v) is 2.26. The second kappa shape index (κ2) is 4.69. The molecule has 4 heteroatoms. The van der Waals surface area contributed by atoms with E-state index in [1.165, 1.54) is 12.1 Å². The van der Waals surface area contributed by atoms with Crippen LogP contribution in [0.25, 0.3) is 0 Å². The van der Waals surface area contributed by atoms with Crippen molar-refractivity contribution in [2.24, 2.45) is 0 Å². The van der Waals surface area contributed by atoms with Gasteiger partial charge in [-0.05, 0) is 42.6 Å². The molecule has 0 radical (unpaired) electrons. The number of benzene rings is 1. The molecule has 1 aromatic rings. The maximum Gasteiger partial charge on any atom is 0.416 e. The first-order valence-corrected chi connectivity index (χ1v) is 5.92. The minimum Gasteiger partial charge on any atom is -0.303 e. The SMILES string of the molecule is CCN1CCc2ccc(C(F)(F)F)cc2CC1. The van der Waals surface area contributed by atoms with E-state index in [1.807, 2.05) is 0 Å². The first-order valence-electron chi connectivity index (χ1n) is 5.92. The van der Waals surface area contributed by atoms with Crippen LogP contribution in [0.3, 0.4) is 0 Å². The maximum atomic E-state index is 12.6. The molecule has 0 atom stereocenters. The Morgan fingerprint density at radius 2 is 1.76 bits per heavy atom. The number of likely N-dealkylation sites (N-methyl/N-ethyl adjacent to an activating group) is 1. The lowest BCUT2D eigenvalue weighted by atomic mass is 10.00. The largest absolute Gasteiger partial charge is 0.416 e. The summed E-state index contributed by atoms with van der Waals surface area (Å²) >= 11 is 0. The van der Waals surface area contributed by atoms with Crippen LogP contribution >= 0.6 is 0 Å². The molecule has 0 aromatic heterocycles. The standard InChI is InChI=1S/C13H16F3N/c1-2-17-7-5-10-3-4-12(13(14,15)16)9-11(10)6-8-17/h3-4,9H,2,5-8H2,1H3. The summed E-state index contributed by atoms with van der Waals surface area (Å²) < 4.78 is 37.8. The second-order valence-electron chi connectivity index (χ2n) is 4.42. The molecule has 0 saturated heterocycles. The Morgan fingerprint density at radius 1 is 1.12 bits per heavy atom. The van der Waals surface area contributed by atoms with Gasteiger partial charge in [0.1, 0.15) is 0 Å². The van der Waals surface area contributed by atoms with Gasteiger partial charge in [0.25, 0.3) is 0 Å². The highest BCUT2D eigenvalue weighted by Gasteiger charge is 2.31. The minimum absolute atomic E-state index is 0.527. The molecule has 0 bridgehead atoms. The van der Waals surface area contributed by atoms with Crippen molar-refractivity contribution >= 4 is 0 Å². The van der Waals surface area contributed by atoms with Crippen molar-refractivity contribution in [2.75, 3.05) is 19.6 Å². The third-order valence-corrected chi connectivity index (χ3v) is 3.38. The van der Waals surface area contributed by atoms with Crippen LogP contribution in [-0.4, -0.2) is 24.5 Å². The molecule has 0 fully saturated rings. The van der Waals surface area contributed by atoms with Crippen LogP contribution in [0.2, 0.25) is 0 Å². The third-order valence-electron chi connectivity index (χ3n) is 3.38. The van der Waals surface area contributed by atoms with Crippen LogP contribution in [0.15, 0.2) is 18.2 Å². The van der Waals surface area contributed by atoms with Gasteiger partial charge < -0.3 is 4.90 Å². The molecule has 1 heterocycles. The summed E-state index contributed by atoms with van der Waals surface area (Å²) in [6.45, 7) is 4.83. The van der Waals surface area contributed by atoms with Crippen LogP contribution in [0.4, 0.5) is 13.2 Å². The molecule has 0 spiro atoms. The molecule has 1 aliphatic heterocycles. The predicted octanol–water partition coefficient (Wildman–Crippen LogP) is 3.13. The second-order valence-corrected chi connectivity index (χ2v) is 4.42. The Balaban J connectivity index is 2.26. The molecule has 1 aromatic carbocycles. The molecule has 0 unspecified atom stereocenters. The van der Waals surface area contributed by atoms with E-state index < -0.39 is 11.7 Å². The van der Waals surface area contributed by atoms with Gasteiger partial charge in [-0.15, -0.1) is 0 Å². The lowest BCUT2D eigenvalue weighted by Gasteiger charge is -2.16. The van der Waals surface area contributed by atoms with Gasteiger partial charge in [-0.1, -0.05) is 13.0 Å². The van der Waals surface area contributed by atoms with Crippen molar-refractivity contribution < 1.29 is 13.2 Å². The average molecular weight is 243 g/mol. The molecule has 1 aliphatic rings. The quantitative estimate of drug-likeness (QED) is 0.732. The molecular formula is C13H16F3N. The summed E-state index contributed by atoms with van der Waals surface area (Å²) in [4.78, 5) is 2.27. The molecule has 94 valence electrons. The molecule has 2 rings (SSSR count). The summed E-state index contributed by atoms with van der Waals surface area (Å²) in [6, 6.07) is 4.15. The van der Waals surface area contributed by atoms with Crippen molar-refractivity contribution in [1.29, 1.82) is 0 Å². The monoisotopic (exact) mass is 243 g/mol. The fraction of sp³-hybridized carbons (Fsp3) is 0.538. The van der Waals surface area contributed by atoms with Gasteiger partial charge in [0.05, 0.1) is 5.56 Å². The lowest BCUT2D eigenvalue weighted by Crippen LogP contribution is -2.25. The maximum absolute atomic E-state index is 12.6. The number of halogens is 3. The van der Waals surface area contributed by atoms with Crippen LogP contribution in [0, 0.1) is 0 Å².